The van der Waals surface area contributed by atoms with Gasteiger partial charge in [-0.2, -0.15) is 0 Å². The van der Waals surface area contributed by atoms with Crippen LogP contribution in [-0.4, -0.2) is 52.5 Å². The SMILES string of the molecule is CCNc1ncnc(NCCCN2CCCC2)c1[N+](=O)[O-]. The molecule has 2 rings (SSSR count). The minimum Gasteiger partial charge on any atom is -0.364 e. The first-order chi connectivity index (χ1) is 10.2. The number of hydrogen-bond acceptors (Lipinski definition) is 7. The largest absolute Gasteiger partial charge is 0.364 e. The highest BCUT2D eigenvalue weighted by Gasteiger charge is 2.22. The molecule has 8 heteroatoms. The lowest BCUT2D eigenvalue weighted by Crippen LogP contribution is -2.22. The lowest BCUT2D eigenvalue weighted by atomic mass is 10.3. The van der Waals surface area contributed by atoms with Crippen molar-refractivity contribution in [3.63, 3.8) is 0 Å². The summed E-state index contributed by atoms with van der Waals surface area (Å²) in [5.41, 5.74) is -0.0828. The van der Waals surface area contributed by atoms with Crippen molar-refractivity contribution in [2.75, 3.05) is 43.4 Å². The number of nitro groups is 1. The van der Waals surface area contributed by atoms with Gasteiger partial charge in [-0.25, -0.2) is 9.97 Å². The quantitative estimate of drug-likeness (QED) is 0.428. The summed E-state index contributed by atoms with van der Waals surface area (Å²) in [5.74, 6) is 0.548. The molecule has 0 saturated carbocycles. The van der Waals surface area contributed by atoms with Crippen molar-refractivity contribution < 1.29 is 4.92 Å². The molecule has 0 aliphatic carbocycles. The fourth-order valence-electron chi connectivity index (χ4n) is 2.49. The average molecular weight is 294 g/mol. The molecule has 1 aromatic heterocycles. The maximum atomic E-state index is 11.2. The maximum Gasteiger partial charge on any atom is 0.353 e. The predicted octanol–water partition coefficient (Wildman–Crippen LogP) is 1.71. The van der Waals surface area contributed by atoms with Gasteiger partial charge in [-0.1, -0.05) is 0 Å². The fraction of sp³-hybridized carbons (Fsp3) is 0.692. The van der Waals surface area contributed by atoms with Gasteiger partial charge in [-0.05, 0) is 45.8 Å². The topological polar surface area (TPSA) is 96.2 Å². The van der Waals surface area contributed by atoms with Crippen molar-refractivity contribution in [3.8, 4) is 0 Å². The molecule has 1 aromatic rings. The minimum absolute atomic E-state index is 0.0828. The zero-order valence-corrected chi connectivity index (χ0v) is 12.3. The molecule has 1 saturated heterocycles. The summed E-state index contributed by atoms with van der Waals surface area (Å²) in [4.78, 5) is 21.1. The normalized spacial score (nSPS) is 15.1. The van der Waals surface area contributed by atoms with Crippen molar-refractivity contribution in [1.82, 2.24) is 14.9 Å². The zero-order valence-electron chi connectivity index (χ0n) is 12.3. The summed E-state index contributed by atoms with van der Waals surface area (Å²) in [6.07, 6.45) is 4.83. The van der Waals surface area contributed by atoms with E-state index in [1.807, 2.05) is 6.92 Å². The summed E-state index contributed by atoms with van der Waals surface area (Å²) < 4.78 is 0. The van der Waals surface area contributed by atoms with Crippen LogP contribution in [-0.2, 0) is 0 Å². The Hall–Kier alpha value is -1.96. The standard InChI is InChI=1S/C13H22N6O2/c1-2-14-12-11(19(20)21)13(17-10-16-12)15-6-5-9-18-7-3-4-8-18/h10H,2-9H2,1H3,(H2,14,15,16,17). The van der Waals surface area contributed by atoms with Gasteiger partial charge in [0.25, 0.3) is 0 Å². The van der Waals surface area contributed by atoms with Crippen LogP contribution < -0.4 is 10.6 Å². The van der Waals surface area contributed by atoms with Crippen LogP contribution in [0.2, 0.25) is 0 Å². The summed E-state index contributed by atoms with van der Waals surface area (Å²) in [7, 11) is 0. The van der Waals surface area contributed by atoms with Crippen LogP contribution in [0.5, 0.6) is 0 Å². The third-order valence-electron chi connectivity index (χ3n) is 3.49. The van der Waals surface area contributed by atoms with Crippen LogP contribution in [0.1, 0.15) is 26.2 Å². The maximum absolute atomic E-state index is 11.2. The molecule has 21 heavy (non-hydrogen) atoms. The van der Waals surface area contributed by atoms with Gasteiger partial charge in [0.05, 0.1) is 4.92 Å². The van der Waals surface area contributed by atoms with E-state index >= 15 is 0 Å². The Morgan fingerprint density at radius 1 is 1.29 bits per heavy atom. The van der Waals surface area contributed by atoms with Gasteiger partial charge in [0.1, 0.15) is 6.33 Å². The van der Waals surface area contributed by atoms with Crippen molar-refractivity contribution in [2.24, 2.45) is 0 Å². The van der Waals surface area contributed by atoms with Crippen LogP contribution in [0.3, 0.4) is 0 Å². The Balaban J connectivity index is 1.92. The molecular formula is C13H22N6O2. The van der Waals surface area contributed by atoms with E-state index in [0.29, 0.717) is 13.1 Å². The van der Waals surface area contributed by atoms with E-state index in [9.17, 15) is 10.1 Å². The predicted molar refractivity (Wildman–Crippen MR) is 81.6 cm³/mol. The van der Waals surface area contributed by atoms with Gasteiger partial charge >= 0.3 is 5.69 Å². The second kappa shape index (κ2) is 7.72. The van der Waals surface area contributed by atoms with Crippen LogP contribution in [0.25, 0.3) is 0 Å². The van der Waals surface area contributed by atoms with E-state index in [0.717, 1.165) is 26.1 Å². The number of anilines is 2. The molecule has 116 valence electrons. The van der Waals surface area contributed by atoms with E-state index in [1.54, 1.807) is 0 Å². The fourth-order valence-corrected chi connectivity index (χ4v) is 2.49. The lowest BCUT2D eigenvalue weighted by Gasteiger charge is -2.14. The smallest absolute Gasteiger partial charge is 0.353 e. The summed E-state index contributed by atoms with van der Waals surface area (Å²) >= 11 is 0. The molecule has 0 bridgehead atoms. The highest BCUT2D eigenvalue weighted by atomic mass is 16.6. The van der Waals surface area contributed by atoms with E-state index in [1.165, 1.54) is 19.2 Å². The Bertz CT molecular complexity index is 476. The van der Waals surface area contributed by atoms with Crippen LogP contribution >= 0.6 is 0 Å². The van der Waals surface area contributed by atoms with E-state index in [-0.39, 0.29) is 17.3 Å². The molecule has 8 nitrogen and oxygen atoms in total. The summed E-state index contributed by atoms with van der Waals surface area (Å²) in [6, 6.07) is 0. The number of likely N-dealkylation sites (tertiary alicyclic amines) is 1. The second-order valence-electron chi connectivity index (χ2n) is 5.04. The van der Waals surface area contributed by atoms with Crippen molar-refractivity contribution >= 4 is 17.3 Å². The molecular weight excluding hydrogens is 272 g/mol. The Morgan fingerprint density at radius 3 is 2.57 bits per heavy atom. The number of nitrogens with one attached hydrogen (secondary N) is 2. The van der Waals surface area contributed by atoms with Crippen molar-refractivity contribution in [3.05, 3.63) is 16.4 Å². The molecule has 0 radical (unpaired) electrons. The molecule has 1 fully saturated rings. The molecule has 0 amide bonds. The van der Waals surface area contributed by atoms with Gasteiger partial charge in [0.15, 0.2) is 0 Å². The lowest BCUT2D eigenvalue weighted by molar-refractivity contribution is -0.383. The van der Waals surface area contributed by atoms with E-state index in [4.69, 9.17) is 0 Å². The van der Waals surface area contributed by atoms with E-state index < -0.39 is 4.92 Å². The molecule has 0 spiro atoms. The van der Waals surface area contributed by atoms with Gasteiger partial charge in [-0.3, -0.25) is 10.1 Å². The second-order valence-corrected chi connectivity index (χ2v) is 5.04. The first kappa shape index (κ1) is 15.4. The molecule has 0 unspecified atom stereocenters. The number of rotatable bonds is 8. The molecule has 0 aromatic carbocycles. The van der Waals surface area contributed by atoms with Crippen LogP contribution in [0.4, 0.5) is 17.3 Å². The molecule has 2 N–H and O–H groups in total. The van der Waals surface area contributed by atoms with Gasteiger partial charge in [0, 0.05) is 13.1 Å². The molecule has 2 heterocycles. The number of hydrogen-bond donors (Lipinski definition) is 2. The zero-order chi connectivity index (χ0) is 15.1. The molecule has 1 aliphatic heterocycles. The number of nitrogens with zero attached hydrogens (tertiary/aromatic N) is 4. The molecule has 1 aliphatic rings. The highest BCUT2D eigenvalue weighted by Crippen LogP contribution is 2.28. The monoisotopic (exact) mass is 294 g/mol. The van der Waals surface area contributed by atoms with Gasteiger partial charge < -0.3 is 15.5 Å². The third-order valence-corrected chi connectivity index (χ3v) is 3.49. The minimum atomic E-state index is -0.444. The molecule has 0 atom stereocenters. The van der Waals surface area contributed by atoms with E-state index in [2.05, 4.69) is 25.5 Å². The van der Waals surface area contributed by atoms with Crippen molar-refractivity contribution in [2.45, 2.75) is 26.2 Å². The summed E-state index contributed by atoms with van der Waals surface area (Å²) in [5, 5.41) is 17.1. The Kier molecular flexibility index (Phi) is 5.68. The number of aromatic nitrogens is 2. The van der Waals surface area contributed by atoms with Gasteiger partial charge in [-0.15, -0.1) is 0 Å². The van der Waals surface area contributed by atoms with Gasteiger partial charge in [0.2, 0.25) is 11.6 Å². The highest BCUT2D eigenvalue weighted by molar-refractivity contribution is 5.69. The average Bonchev–Trinajstić information content (AvgIpc) is 2.97. The Morgan fingerprint density at radius 2 is 1.95 bits per heavy atom. The first-order valence-corrected chi connectivity index (χ1v) is 7.42. The van der Waals surface area contributed by atoms with Crippen LogP contribution in [0, 0.1) is 10.1 Å². The third kappa shape index (κ3) is 4.25. The Labute approximate surface area is 124 Å². The summed E-state index contributed by atoms with van der Waals surface area (Å²) in [6.45, 7) is 6.46. The first-order valence-electron chi connectivity index (χ1n) is 7.42. The van der Waals surface area contributed by atoms with Crippen molar-refractivity contribution in [1.29, 1.82) is 0 Å². The van der Waals surface area contributed by atoms with Crippen LogP contribution in [0.15, 0.2) is 6.33 Å².